The maximum atomic E-state index is 11.8. The first-order valence-corrected chi connectivity index (χ1v) is 5.94. The van der Waals surface area contributed by atoms with E-state index in [0.717, 1.165) is 12.0 Å². The summed E-state index contributed by atoms with van der Waals surface area (Å²) in [6, 6.07) is 7.56. The molecule has 19 heavy (non-hydrogen) atoms. The number of ether oxygens (including phenoxy) is 2. The van der Waals surface area contributed by atoms with Crippen LogP contribution in [0.4, 0.5) is 13.2 Å². The molecule has 0 aliphatic rings. The molecule has 0 saturated carbocycles. The minimum absolute atomic E-state index is 0.363. The molecule has 1 aromatic carbocycles. The minimum atomic E-state index is -4.32. The summed E-state index contributed by atoms with van der Waals surface area (Å²) >= 11 is 0. The molecule has 108 valence electrons. The third kappa shape index (κ3) is 7.03. The average molecular weight is 277 g/mol. The van der Waals surface area contributed by atoms with E-state index >= 15 is 0 Å². The Morgan fingerprint density at radius 2 is 1.84 bits per heavy atom. The summed E-state index contributed by atoms with van der Waals surface area (Å²) in [7, 11) is 1.89. The zero-order valence-corrected chi connectivity index (χ0v) is 11.0. The van der Waals surface area contributed by atoms with E-state index in [-0.39, 0.29) is 0 Å². The lowest BCUT2D eigenvalue weighted by Gasteiger charge is -2.11. The van der Waals surface area contributed by atoms with Crippen LogP contribution in [0.15, 0.2) is 24.3 Å². The molecule has 0 radical (unpaired) electrons. The number of likely N-dealkylation sites (N-methyl/N-ethyl adjacent to an activating group) is 1. The first-order valence-electron chi connectivity index (χ1n) is 5.94. The van der Waals surface area contributed by atoms with Gasteiger partial charge >= 0.3 is 6.18 Å². The number of halogens is 3. The Morgan fingerprint density at radius 1 is 1.21 bits per heavy atom. The Kier molecular flexibility index (Phi) is 6.11. The standard InChI is InChI=1S/C13H18F3NO2/c1-10(17-2)7-11-3-5-12(6-4-11)19-9-18-8-13(14,15)16/h3-6,10,17H,7-9H2,1-2H3. The van der Waals surface area contributed by atoms with E-state index in [1.54, 1.807) is 12.1 Å². The van der Waals surface area contributed by atoms with Gasteiger partial charge in [-0.3, -0.25) is 0 Å². The van der Waals surface area contributed by atoms with Crippen molar-refractivity contribution in [2.24, 2.45) is 0 Å². The summed E-state index contributed by atoms with van der Waals surface area (Å²) in [4.78, 5) is 0. The second kappa shape index (κ2) is 7.35. The molecular formula is C13H18F3NO2. The number of rotatable bonds is 7. The Balaban J connectivity index is 2.32. The van der Waals surface area contributed by atoms with Gasteiger partial charge in [0, 0.05) is 6.04 Å². The van der Waals surface area contributed by atoms with Gasteiger partial charge in [-0.05, 0) is 38.1 Å². The maximum absolute atomic E-state index is 11.8. The van der Waals surface area contributed by atoms with Gasteiger partial charge in [-0.25, -0.2) is 0 Å². The summed E-state index contributed by atoms with van der Waals surface area (Å²) in [6.07, 6.45) is -3.45. The van der Waals surface area contributed by atoms with Crippen molar-refractivity contribution in [1.82, 2.24) is 5.32 Å². The molecular weight excluding hydrogens is 259 g/mol. The lowest BCUT2D eigenvalue weighted by atomic mass is 10.1. The van der Waals surface area contributed by atoms with Crippen LogP contribution in [0.25, 0.3) is 0 Å². The molecule has 0 heterocycles. The molecule has 1 atom stereocenters. The summed E-state index contributed by atoms with van der Waals surface area (Å²) in [5.41, 5.74) is 1.13. The van der Waals surface area contributed by atoms with Crippen molar-refractivity contribution in [2.75, 3.05) is 20.4 Å². The number of benzene rings is 1. The molecule has 0 aromatic heterocycles. The van der Waals surface area contributed by atoms with Crippen molar-refractivity contribution in [3.63, 3.8) is 0 Å². The Hall–Kier alpha value is -1.27. The van der Waals surface area contributed by atoms with Crippen LogP contribution < -0.4 is 10.1 Å². The molecule has 0 fully saturated rings. The van der Waals surface area contributed by atoms with Crippen LogP contribution in [0, 0.1) is 0 Å². The van der Waals surface area contributed by atoms with Gasteiger partial charge in [-0.2, -0.15) is 13.2 Å². The highest BCUT2D eigenvalue weighted by molar-refractivity contribution is 5.27. The zero-order valence-electron chi connectivity index (χ0n) is 11.0. The Morgan fingerprint density at radius 3 is 2.37 bits per heavy atom. The van der Waals surface area contributed by atoms with Crippen LogP contribution in [0.1, 0.15) is 12.5 Å². The summed E-state index contributed by atoms with van der Waals surface area (Å²) in [5.74, 6) is 0.489. The topological polar surface area (TPSA) is 30.5 Å². The van der Waals surface area contributed by atoms with E-state index in [0.29, 0.717) is 11.8 Å². The van der Waals surface area contributed by atoms with Gasteiger partial charge in [-0.1, -0.05) is 12.1 Å². The number of alkyl halides is 3. The van der Waals surface area contributed by atoms with E-state index in [1.165, 1.54) is 0 Å². The van der Waals surface area contributed by atoms with E-state index in [2.05, 4.69) is 17.0 Å². The predicted molar refractivity (Wildman–Crippen MR) is 66.2 cm³/mol. The zero-order chi connectivity index (χ0) is 14.3. The number of hydrogen-bond donors (Lipinski definition) is 1. The summed E-state index contributed by atoms with van der Waals surface area (Å²) in [6.45, 7) is 0.353. The van der Waals surface area contributed by atoms with Crippen molar-refractivity contribution < 1.29 is 22.6 Å². The van der Waals surface area contributed by atoms with E-state index in [9.17, 15) is 13.2 Å². The average Bonchev–Trinajstić information content (AvgIpc) is 2.35. The van der Waals surface area contributed by atoms with Crippen molar-refractivity contribution in [1.29, 1.82) is 0 Å². The molecule has 1 N–H and O–H groups in total. The highest BCUT2D eigenvalue weighted by atomic mass is 19.4. The Bertz CT molecular complexity index is 365. The van der Waals surface area contributed by atoms with Gasteiger partial charge in [0.2, 0.25) is 0 Å². The van der Waals surface area contributed by atoms with Gasteiger partial charge in [-0.15, -0.1) is 0 Å². The van der Waals surface area contributed by atoms with Crippen LogP contribution in [-0.4, -0.2) is 32.7 Å². The fourth-order valence-corrected chi connectivity index (χ4v) is 1.44. The molecule has 1 rings (SSSR count). The smallest absolute Gasteiger partial charge is 0.411 e. The molecule has 0 spiro atoms. The lowest BCUT2D eigenvalue weighted by molar-refractivity contribution is -0.186. The van der Waals surface area contributed by atoms with Crippen LogP contribution >= 0.6 is 0 Å². The van der Waals surface area contributed by atoms with Crippen molar-refractivity contribution >= 4 is 0 Å². The van der Waals surface area contributed by atoms with Gasteiger partial charge in [0.25, 0.3) is 0 Å². The van der Waals surface area contributed by atoms with E-state index in [4.69, 9.17) is 4.74 Å². The quantitative estimate of drug-likeness (QED) is 0.614. The van der Waals surface area contributed by atoms with Gasteiger partial charge in [0.15, 0.2) is 6.79 Å². The second-order valence-electron chi connectivity index (χ2n) is 4.26. The fourth-order valence-electron chi connectivity index (χ4n) is 1.44. The van der Waals surface area contributed by atoms with Gasteiger partial charge in [0.1, 0.15) is 12.4 Å². The van der Waals surface area contributed by atoms with E-state index in [1.807, 2.05) is 19.2 Å². The van der Waals surface area contributed by atoms with Gasteiger partial charge < -0.3 is 14.8 Å². The number of nitrogens with one attached hydrogen (secondary N) is 1. The third-order valence-electron chi connectivity index (χ3n) is 2.53. The molecule has 0 saturated heterocycles. The maximum Gasteiger partial charge on any atom is 0.411 e. The summed E-state index contributed by atoms with van der Waals surface area (Å²) < 4.78 is 44.8. The monoisotopic (exact) mass is 277 g/mol. The van der Waals surface area contributed by atoms with Crippen LogP contribution in [0.2, 0.25) is 0 Å². The predicted octanol–water partition coefficient (Wildman–Crippen LogP) is 2.75. The molecule has 0 bridgehead atoms. The van der Waals surface area contributed by atoms with Crippen LogP contribution in [0.3, 0.4) is 0 Å². The largest absolute Gasteiger partial charge is 0.468 e. The molecule has 6 heteroatoms. The molecule has 1 aromatic rings. The summed E-state index contributed by atoms with van der Waals surface area (Å²) in [5, 5.41) is 3.13. The minimum Gasteiger partial charge on any atom is -0.468 e. The Labute approximate surface area is 110 Å². The molecule has 1 unspecified atom stereocenters. The SMILES string of the molecule is CNC(C)Cc1ccc(OCOCC(F)(F)F)cc1. The first-order chi connectivity index (χ1) is 8.90. The van der Waals surface area contributed by atoms with Crippen molar-refractivity contribution in [3.8, 4) is 5.75 Å². The third-order valence-corrected chi connectivity index (χ3v) is 2.53. The molecule has 0 aliphatic carbocycles. The van der Waals surface area contributed by atoms with E-state index < -0.39 is 19.6 Å². The van der Waals surface area contributed by atoms with Crippen molar-refractivity contribution in [3.05, 3.63) is 29.8 Å². The fraction of sp³-hybridized carbons (Fsp3) is 0.538. The normalized spacial score (nSPS) is 13.3. The highest BCUT2D eigenvalue weighted by Gasteiger charge is 2.27. The number of hydrogen-bond acceptors (Lipinski definition) is 3. The van der Waals surface area contributed by atoms with Crippen molar-refractivity contribution in [2.45, 2.75) is 25.6 Å². The molecule has 3 nitrogen and oxygen atoms in total. The highest BCUT2D eigenvalue weighted by Crippen LogP contribution is 2.16. The first kappa shape index (κ1) is 15.8. The van der Waals surface area contributed by atoms with Crippen LogP contribution in [0.5, 0.6) is 5.75 Å². The molecule has 0 aliphatic heterocycles. The molecule has 0 amide bonds. The van der Waals surface area contributed by atoms with Crippen LogP contribution in [-0.2, 0) is 11.2 Å². The second-order valence-corrected chi connectivity index (χ2v) is 4.26. The lowest BCUT2D eigenvalue weighted by Crippen LogP contribution is -2.23. The van der Waals surface area contributed by atoms with Gasteiger partial charge in [0.05, 0.1) is 0 Å².